The summed E-state index contributed by atoms with van der Waals surface area (Å²) in [6, 6.07) is 16.8. The predicted octanol–water partition coefficient (Wildman–Crippen LogP) is 3.64. The van der Waals surface area contributed by atoms with Crippen molar-refractivity contribution in [2.75, 3.05) is 12.3 Å². The van der Waals surface area contributed by atoms with Gasteiger partial charge in [0.05, 0.1) is 0 Å². The maximum atomic E-state index is 5.69. The van der Waals surface area contributed by atoms with Gasteiger partial charge in [0.15, 0.2) is 0 Å². The van der Waals surface area contributed by atoms with Gasteiger partial charge in [-0.15, -0.1) is 0 Å². The molecule has 0 bridgehead atoms. The molecule has 106 valence electrons. The Morgan fingerprint density at radius 3 is 2.40 bits per heavy atom. The third kappa shape index (κ3) is 3.84. The molecule has 2 heteroatoms. The number of nitrogen functional groups attached to an aromatic ring is 1. The molecule has 0 spiro atoms. The first-order valence-corrected chi connectivity index (χ1v) is 7.10. The zero-order chi connectivity index (χ0) is 14.6. The van der Waals surface area contributed by atoms with E-state index in [1.807, 2.05) is 12.1 Å². The Morgan fingerprint density at radius 2 is 1.75 bits per heavy atom. The van der Waals surface area contributed by atoms with Crippen molar-refractivity contribution in [3.05, 3.63) is 65.2 Å². The molecule has 0 heterocycles. The van der Waals surface area contributed by atoms with Crippen molar-refractivity contribution in [1.82, 2.24) is 5.32 Å². The third-order valence-electron chi connectivity index (χ3n) is 3.68. The number of rotatable bonds is 5. The monoisotopic (exact) mass is 268 g/mol. The number of hydrogen-bond donors (Lipinski definition) is 2. The van der Waals surface area contributed by atoms with Crippen LogP contribution in [0, 0.1) is 6.92 Å². The van der Waals surface area contributed by atoms with Crippen molar-refractivity contribution in [2.24, 2.45) is 0 Å². The summed E-state index contributed by atoms with van der Waals surface area (Å²) in [4.78, 5) is 0. The minimum Gasteiger partial charge on any atom is -0.399 e. The second kappa shape index (κ2) is 6.10. The summed E-state index contributed by atoms with van der Waals surface area (Å²) in [7, 11) is 0. The Labute approximate surface area is 122 Å². The van der Waals surface area contributed by atoms with Gasteiger partial charge in [-0.05, 0) is 30.2 Å². The topological polar surface area (TPSA) is 38.0 Å². The maximum Gasteiger partial charge on any atom is 0.0314 e. The van der Waals surface area contributed by atoms with E-state index in [-0.39, 0.29) is 5.41 Å². The molecule has 0 amide bonds. The maximum absolute atomic E-state index is 5.69. The Morgan fingerprint density at radius 1 is 1.05 bits per heavy atom. The van der Waals surface area contributed by atoms with Gasteiger partial charge < -0.3 is 11.1 Å². The Hall–Kier alpha value is -1.80. The molecule has 2 aromatic rings. The van der Waals surface area contributed by atoms with Crippen LogP contribution in [0.25, 0.3) is 0 Å². The van der Waals surface area contributed by atoms with Gasteiger partial charge in [-0.3, -0.25) is 0 Å². The molecule has 0 unspecified atom stereocenters. The fourth-order valence-electron chi connectivity index (χ4n) is 2.32. The molecule has 0 aliphatic rings. The van der Waals surface area contributed by atoms with E-state index in [4.69, 9.17) is 5.73 Å². The standard InChI is InChI=1S/C18H24N2/c1-14-5-4-6-16(11-14)18(2,3)13-20-12-15-7-9-17(19)10-8-15/h4-11,20H,12-13,19H2,1-3H3. The van der Waals surface area contributed by atoms with E-state index in [1.165, 1.54) is 16.7 Å². The summed E-state index contributed by atoms with van der Waals surface area (Å²) >= 11 is 0. The van der Waals surface area contributed by atoms with Crippen LogP contribution >= 0.6 is 0 Å². The van der Waals surface area contributed by atoms with Crippen LogP contribution in [-0.2, 0) is 12.0 Å². The van der Waals surface area contributed by atoms with Gasteiger partial charge in [0, 0.05) is 24.2 Å². The van der Waals surface area contributed by atoms with Gasteiger partial charge in [0.1, 0.15) is 0 Å². The van der Waals surface area contributed by atoms with E-state index in [9.17, 15) is 0 Å². The summed E-state index contributed by atoms with van der Waals surface area (Å²) in [6.45, 7) is 8.51. The highest BCUT2D eigenvalue weighted by Crippen LogP contribution is 2.23. The van der Waals surface area contributed by atoms with Crippen LogP contribution in [0.4, 0.5) is 5.69 Å². The number of aryl methyl sites for hydroxylation is 1. The molecule has 2 aromatic carbocycles. The molecule has 2 nitrogen and oxygen atoms in total. The molecular weight excluding hydrogens is 244 g/mol. The molecule has 2 rings (SSSR count). The molecule has 0 saturated carbocycles. The van der Waals surface area contributed by atoms with Crippen molar-refractivity contribution in [3.8, 4) is 0 Å². The smallest absolute Gasteiger partial charge is 0.0314 e. The zero-order valence-electron chi connectivity index (χ0n) is 12.6. The van der Waals surface area contributed by atoms with Gasteiger partial charge >= 0.3 is 0 Å². The Kier molecular flexibility index (Phi) is 4.46. The fourth-order valence-corrected chi connectivity index (χ4v) is 2.32. The number of hydrogen-bond acceptors (Lipinski definition) is 2. The first kappa shape index (κ1) is 14.6. The number of nitrogens with one attached hydrogen (secondary N) is 1. The highest BCUT2D eigenvalue weighted by Gasteiger charge is 2.19. The Balaban J connectivity index is 1.94. The van der Waals surface area contributed by atoms with Crippen molar-refractivity contribution >= 4 is 5.69 Å². The van der Waals surface area contributed by atoms with Crippen molar-refractivity contribution < 1.29 is 0 Å². The van der Waals surface area contributed by atoms with Crippen LogP contribution in [0.15, 0.2) is 48.5 Å². The summed E-state index contributed by atoms with van der Waals surface area (Å²) < 4.78 is 0. The molecule has 0 atom stereocenters. The molecular formula is C18H24N2. The average Bonchev–Trinajstić information content (AvgIpc) is 2.41. The minimum atomic E-state index is 0.125. The quantitative estimate of drug-likeness (QED) is 0.812. The average molecular weight is 268 g/mol. The molecule has 0 saturated heterocycles. The first-order valence-electron chi connectivity index (χ1n) is 7.10. The molecule has 0 fully saturated rings. The lowest BCUT2D eigenvalue weighted by atomic mass is 9.84. The number of benzene rings is 2. The fraction of sp³-hybridized carbons (Fsp3) is 0.333. The predicted molar refractivity (Wildman–Crippen MR) is 86.8 cm³/mol. The van der Waals surface area contributed by atoms with E-state index in [1.54, 1.807) is 0 Å². The van der Waals surface area contributed by atoms with Gasteiger partial charge in [0.25, 0.3) is 0 Å². The minimum absolute atomic E-state index is 0.125. The first-order chi connectivity index (χ1) is 9.47. The van der Waals surface area contributed by atoms with Crippen LogP contribution in [0.3, 0.4) is 0 Å². The van der Waals surface area contributed by atoms with Gasteiger partial charge in [-0.2, -0.15) is 0 Å². The van der Waals surface area contributed by atoms with Crippen LogP contribution in [0.1, 0.15) is 30.5 Å². The van der Waals surface area contributed by atoms with E-state index in [2.05, 4.69) is 62.5 Å². The molecule has 0 aliphatic carbocycles. The second-order valence-corrected chi connectivity index (χ2v) is 6.10. The van der Waals surface area contributed by atoms with Gasteiger partial charge in [0.2, 0.25) is 0 Å². The highest BCUT2D eigenvalue weighted by molar-refractivity contribution is 5.39. The zero-order valence-corrected chi connectivity index (χ0v) is 12.6. The van der Waals surface area contributed by atoms with Gasteiger partial charge in [-0.1, -0.05) is 55.8 Å². The van der Waals surface area contributed by atoms with Crippen molar-refractivity contribution in [2.45, 2.75) is 32.7 Å². The van der Waals surface area contributed by atoms with E-state index < -0.39 is 0 Å². The number of anilines is 1. The third-order valence-corrected chi connectivity index (χ3v) is 3.68. The lowest BCUT2D eigenvalue weighted by Gasteiger charge is -2.26. The summed E-state index contributed by atoms with van der Waals surface area (Å²) in [6.07, 6.45) is 0. The summed E-state index contributed by atoms with van der Waals surface area (Å²) in [5.74, 6) is 0. The normalized spacial score (nSPS) is 11.6. The van der Waals surface area contributed by atoms with Crippen molar-refractivity contribution in [1.29, 1.82) is 0 Å². The molecule has 0 aliphatic heterocycles. The van der Waals surface area contributed by atoms with E-state index >= 15 is 0 Å². The molecule has 0 aromatic heterocycles. The molecule has 20 heavy (non-hydrogen) atoms. The van der Waals surface area contributed by atoms with Crippen LogP contribution in [0.2, 0.25) is 0 Å². The Bertz CT molecular complexity index is 556. The summed E-state index contributed by atoms with van der Waals surface area (Å²) in [5, 5.41) is 3.54. The number of nitrogens with two attached hydrogens (primary N) is 1. The van der Waals surface area contributed by atoms with E-state index in [0.717, 1.165) is 18.8 Å². The SMILES string of the molecule is Cc1cccc(C(C)(C)CNCc2ccc(N)cc2)c1. The lowest BCUT2D eigenvalue weighted by molar-refractivity contribution is 0.468. The van der Waals surface area contributed by atoms with E-state index in [0.29, 0.717) is 0 Å². The lowest BCUT2D eigenvalue weighted by Crippen LogP contribution is -2.32. The summed E-state index contributed by atoms with van der Waals surface area (Å²) in [5.41, 5.74) is 10.6. The highest BCUT2D eigenvalue weighted by atomic mass is 14.9. The van der Waals surface area contributed by atoms with Crippen LogP contribution in [0.5, 0.6) is 0 Å². The second-order valence-electron chi connectivity index (χ2n) is 6.10. The van der Waals surface area contributed by atoms with Crippen molar-refractivity contribution in [3.63, 3.8) is 0 Å². The largest absolute Gasteiger partial charge is 0.399 e. The molecule has 0 radical (unpaired) electrons. The van der Waals surface area contributed by atoms with Crippen LogP contribution in [-0.4, -0.2) is 6.54 Å². The van der Waals surface area contributed by atoms with Crippen LogP contribution < -0.4 is 11.1 Å². The van der Waals surface area contributed by atoms with Gasteiger partial charge in [-0.25, -0.2) is 0 Å². The molecule has 3 N–H and O–H groups in total.